The Morgan fingerprint density at radius 2 is 0.851 bits per heavy atom. The molecule has 7 aromatic carbocycles. The van der Waals surface area contributed by atoms with Crippen LogP contribution in [-0.2, 0) is 18.5 Å². The first kappa shape index (κ1) is 45.3. The molecule has 0 unspecified atom stereocenters. The molecule has 4 nitrogen and oxygen atoms in total. The highest BCUT2D eigenvalue weighted by atomic mass is 19.4. The minimum Gasteiger partial charge on any atom is -0.455 e. The van der Waals surface area contributed by atoms with E-state index in [1.54, 1.807) is 24.3 Å². The second-order valence-corrected chi connectivity index (χ2v) is 17.9. The van der Waals surface area contributed by atoms with Crippen molar-refractivity contribution in [3.05, 3.63) is 169 Å². The van der Waals surface area contributed by atoms with E-state index in [4.69, 9.17) is 4.42 Å². The Kier molecular flexibility index (Phi) is 10.7. The van der Waals surface area contributed by atoms with Crippen LogP contribution in [0.3, 0.4) is 0 Å². The molecule has 0 fully saturated rings. The van der Waals surface area contributed by atoms with Crippen LogP contribution in [0.15, 0.2) is 129 Å². The van der Waals surface area contributed by atoms with Gasteiger partial charge in [-0.2, -0.15) is 39.5 Å². The number of fused-ring (bicyclic) bond motifs is 2. The summed E-state index contributed by atoms with van der Waals surface area (Å²) in [7, 11) is 0. The molecule has 0 bridgehead atoms. The van der Waals surface area contributed by atoms with Crippen molar-refractivity contribution in [1.82, 2.24) is 4.57 Å². The van der Waals surface area contributed by atoms with Gasteiger partial charge in [0.1, 0.15) is 11.2 Å². The first-order valence-electron chi connectivity index (χ1n) is 21.5. The van der Waals surface area contributed by atoms with Crippen LogP contribution in [0, 0.1) is 0 Å². The largest absolute Gasteiger partial charge is 0.455 e. The van der Waals surface area contributed by atoms with E-state index >= 15 is 9.59 Å². The molecule has 0 saturated carbocycles. The SMILES string of the molecule is CC(C)c1cc(C(C)C)c(-n2c(=O)c3cc(-c4ccc(C(F)(F)F)cc4)c4oc5ccc(-c6ccc(C(F)(F)F)cc6)cc5c5c(-c6ccc(C(F)(F)F)cc6)cc(c2=O)c3c45)c(C(C)C)c1. The number of aromatic nitrogens is 1. The van der Waals surface area contributed by atoms with Crippen LogP contribution in [0.25, 0.3) is 82.6 Å². The lowest BCUT2D eigenvalue weighted by Crippen LogP contribution is -2.34. The van der Waals surface area contributed by atoms with Crippen LogP contribution in [0.2, 0.25) is 0 Å². The summed E-state index contributed by atoms with van der Waals surface area (Å²) in [6, 6.07) is 24.9. The van der Waals surface area contributed by atoms with Crippen molar-refractivity contribution in [3.63, 3.8) is 0 Å². The maximum atomic E-state index is 15.5. The normalized spacial score (nSPS) is 12.9. The van der Waals surface area contributed by atoms with Crippen molar-refractivity contribution in [2.24, 2.45) is 0 Å². The minimum absolute atomic E-state index is 0.0201. The standard InChI is InChI=1S/C54H40F9NO3/c1-26(2)33-22-37(27(3)4)48(38(23-33)28(5)6)64-50(65)42-24-39(30-9-16-35(17-10-30)53(58,59)60)45-41-21-32(29-7-14-34(15-8-29)52(55,56)57)13-20-44(41)67-49-40(25-43(51(64)66)46(42)47(45)49)31-11-18-36(19-12-31)54(61,62)63/h7-28H,1-6H3. The second-order valence-electron chi connectivity index (χ2n) is 17.9. The second kappa shape index (κ2) is 15.9. The fourth-order valence-electron chi connectivity index (χ4n) is 9.12. The molecular weight excluding hydrogens is 882 g/mol. The Morgan fingerprint density at radius 1 is 0.433 bits per heavy atom. The molecule has 0 aliphatic carbocycles. The van der Waals surface area contributed by atoms with E-state index in [-0.39, 0.29) is 72.7 Å². The lowest BCUT2D eigenvalue weighted by Gasteiger charge is -2.25. The van der Waals surface area contributed by atoms with Crippen molar-refractivity contribution in [2.75, 3.05) is 0 Å². The van der Waals surface area contributed by atoms with Crippen molar-refractivity contribution in [1.29, 1.82) is 0 Å². The number of hydrogen-bond donors (Lipinski definition) is 0. The van der Waals surface area contributed by atoms with E-state index in [1.807, 2.05) is 53.7 Å². The molecule has 0 N–H and O–H groups in total. The van der Waals surface area contributed by atoms with Crippen molar-refractivity contribution in [2.45, 2.75) is 77.8 Å². The molecule has 2 heterocycles. The number of benzene rings is 7. The van der Waals surface area contributed by atoms with Crippen LogP contribution in [0.4, 0.5) is 39.5 Å². The molecule has 67 heavy (non-hydrogen) atoms. The number of alkyl halides is 9. The molecule has 0 spiro atoms. The highest BCUT2D eigenvalue weighted by Gasteiger charge is 2.34. The third-order valence-corrected chi connectivity index (χ3v) is 12.6. The Morgan fingerprint density at radius 3 is 1.28 bits per heavy atom. The third-order valence-electron chi connectivity index (χ3n) is 12.6. The molecule has 0 radical (unpaired) electrons. The van der Waals surface area contributed by atoms with Gasteiger partial charge in [-0.25, -0.2) is 4.57 Å². The van der Waals surface area contributed by atoms with Crippen LogP contribution in [0.1, 0.15) is 92.7 Å². The minimum atomic E-state index is -4.69. The fraction of sp³-hybridized carbons (Fsp3) is 0.222. The van der Waals surface area contributed by atoms with Gasteiger partial charge in [-0.05, 0) is 123 Å². The van der Waals surface area contributed by atoms with Gasteiger partial charge < -0.3 is 4.42 Å². The van der Waals surface area contributed by atoms with Gasteiger partial charge in [0.2, 0.25) is 0 Å². The van der Waals surface area contributed by atoms with E-state index in [0.29, 0.717) is 27.6 Å². The van der Waals surface area contributed by atoms with Gasteiger partial charge in [-0.1, -0.05) is 96.1 Å². The smallest absolute Gasteiger partial charge is 0.416 e. The molecule has 0 amide bonds. The maximum Gasteiger partial charge on any atom is 0.416 e. The Hall–Kier alpha value is -6.89. The monoisotopic (exact) mass is 921 g/mol. The molecule has 0 atom stereocenters. The molecule has 2 aromatic heterocycles. The average Bonchev–Trinajstić information content (AvgIpc) is 3.27. The van der Waals surface area contributed by atoms with Gasteiger partial charge in [0.15, 0.2) is 0 Å². The molecule has 0 aliphatic heterocycles. The van der Waals surface area contributed by atoms with E-state index in [0.717, 1.165) is 57.7 Å². The summed E-state index contributed by atoms with van der Waals surface area (Å²) in [5, 5.41) is 1.04. The Labute approximate surface area is 377 Å². The zero-order chi connectivity index (χ0) is 48.2. The highest BCUT2D eigenvalue weighted by molar-refractivity contribution is 6.32. The maximum absolute atomic E-state index is 15.5. The molecule has 9 aromatic rings. The summed E-state index contributed by atoms with van der Waals surface area (Å²) in [6.45, 7) is 11.9. The predicted molar refractivity (Wildman–Crippen MR) is 245 cm³/mol. The number of halogens is 9. The molecule has 0 aliphatic rings. The molecule has 13 heteroatoms. The van der Waals surface area contributed by atoms with Gasteiger partial charge in [-0.3, -0.25) is 9.59 Å². The van der Waals surface area contributed by atoms with Crippen LogP contribution in [0.5, 0.6) is 0 Å². The summed E-state index contributed by atoms with van der Waals surface area (Å²) in [5.74, 6) is -0.274. The van der Waals surface area contributed by atoms with Crippen LogP contribution >= 0.6 is 0 Å². The van der Waals surface area contributed by atoms with Crippen molar-refractivity contribution >= 4 is 43.5 Å². The van der Waals surface area contributed by atoms with Crippen LogP contribution < -0.4 is 11.1 Å². The summed E-state index contributed by atoms with van der Waals surface area (Å²) in [6.07, 6.45) is -14.0. The lowest BCUT2D eigenvalue weighted by atomic mass is 9.85. The zero-order valence-corrected chi connectivity index (χ0v) is 36.8. The van der Waals surface area contributed by atoms with Gasteiger partial charge in [0.25, 0.3) is 11.1 Å². The van der Waals surface area contributed by atoms with Crippen LogP contribution in [-0.4, -0.2) is 4.57 Å². The summed E-state index contributed by atoms with van der Waals surface area (Å²) < 4.78 is 132. The van der Waals surface area contributed by atoms with Gasteiger partial charge in [0, 0.05) is 37.9 Å². The van der Waals surface area contributed by atoms with Gasteiger partial charge >= 0.3 is 18.5 Å². The summed E-state index contributed by atoms with van der Waals surface area (Å²) in [4.78, 5) is 31.0. The molecular formula is C54H40F9NO3. The Balaban J connectivity index is 1.50. The average molecular weight is 922 g/mol. The lowest BCUT2D eigenvalue weighted by molar-refractivity contribution is -0.138. The van der Waals surface area contributed by atoms with Gasteiger partial charge in [0.05, 0.1) is 22.4 Å². The topological polar surface area (TPSA) is 52.2 Å². The van der Waals surface area contributed by atoms with E-state index < -0.39 is 46.3 Å². The molecule has 342 valence electrons. The van der Waals surface area contributed by atoms with E-state index in [9.17, 15) is 39.5 Å². The quantitative estimate of drug-likeness (QED) is 0.0909. The summed E-state index contributed by atoms with van der Waals surface area (Å²) >= 11 is 0. The van der Waals surface area contributed by atoms with Crippen molar-refractivity contribution < 1.29 is 43.9 Å². The van der Waals surface area contributed by atoms with E-state index in [2.05, 4.69) is 0 Å². The first-order valence-corrected chi connectivity index (χ1v) is 21.5. The number of hydrogen-bond acceptors (Lipinski definition) is 3. The highest BCUT2D eigenvalue weighted by Crippen LogP contribution is 2.48. The number of pyridine rings is 1. The number of rotatable bonds is 7. The first-order chi connectivity index (χ1) is 31.4. The number of nitrogens with zero attached hydrogens (tertiary/aromatic N) is 1. The van der Waals surface area contributed by atoms with Gasteiger partial charge in [-0.15, -0.1) is 0 Å². The zero-order valence-electron chi connectivity index (χ0n) is 36.8. The third kappa shape index (κ3) is 7.71. The fourth-order valence-corrected chi connectivity index (χ4v) is 9.12. The molecule has 0 saturated heterocycles. The Bertz CT molecular complexity index is 3460. The van der Waals surface area contributed by atoms with Crippen molar-refractivity contribution in [3.8, 4) is 39.1 Å². The predicted octanol–water partition coefficient (Wildman–Crippen LogP) is 16.3. The summed E-state index contributed by atoms with van der Waals surface area (Å²) in [5.41, 5.74) is 0.670. The molecule has 9 rings (SSSR count). The van der Waals surface area contributed by atoms with E-state index in [1.165, 1.54) is 42.5 Å².